The van der Waals surface area contributed by atoms with E-state index in [0.717, 1.165) is 49.0 Å². The normalized spacial score (nSPS) is 19.1. The van der Waals surface area contributed by atoms with Gasteiger partial charge in [0.25, 0.3) is 0 Å². The van der Waals surface area contributed by atoms with Gasteiger partial charge in [-0.25, -0.2) is 15.0 Å². The van der Waals surface area contributed by atoms with Crippen LogP contribution in [0.2, 0.25) is 0 Å². The largest absolute Gasteiger partial charge is 0.497 e. The summed E-state index contributed by atoms with van der Waals surface area (Å²) in [6.45, 7) is 1.53. The number of nitrogens with two attached hydrogens (primary N) is 1. The molecule has 12 nitrogen and oxygen atoms in total. The lowest BCUT2D eigenvalue weighted by Crippen LogP contribution is -2.52. The molecular formula is C43H56N6O6. The summed E-state index contributed by atoms with van der Waals surface area (Å²) in [5.74, 6) is 1.90. The summed E-state index contributed by atoms with van der Waals surface area (Å²) in [5.41, 5.74) is 7.51. The first-order valence-electron chi connectivity index (χ1n) is 19.6. The molecule has 3 heterocycles. The number of rotatable bonds is 21. The van der Waals surface area contributed by atoms with Crippen LogP contribution < -0.4 is 20.5 Å². The van der Waals surface area contributed by atoms with Gasteiger partial charge in [-0.1, -0.05) is 106 Å². The number of aliphatic hydroxyl groups excluding tert-OH is 3. The number of nitrogens with one attached hydrogen (secondary N) is 1. The number of anilines is 1. The van der Waals surface area contributed by atoms with Crippen LogP contribution in [-0.4, -0.2) is 86.6 Å². The molecule has 5 atom stereocenters. The number of ether oxygens (including phenoxy) is 3. The van der Waals surface area contributed by atoms with Crippen LogP contribution in [0.25, 0.3) is 11.2 Å². The highest BCUT2D eigenvalue weighted by molar-refractivity contribution is 5.82. The van der Waals surface area contributed by atoms with Gasteiger partial charge >= 0.3 is 0 Å². The van der Waals surface area contributed by atoms with Crippen molar-refractivity contribution in [2.75, 3.05) is 32.6 Å². The molecule has 1 aliphatic heterocycles. The van der Waals surface area contributed by atoms with E-state index >= 15 is 0 Å². The molecule has 2 aromatic heterocycles. The molecule has 0 radical (unpaired) electrons. The third kappa shape index (κ3) is 8.79. The summed E-state index contributed by atoms with van der Waals surface area (Å²) < 4.78 is 19.1. The monoisotopic (exact) mass is 752 g/mol. The maximum Gasteiger partial charge on any atom is 0.167 e. The Morgan fingerprint density at radius 3 is 1.84 bits per heavy atom. The molecule has 0 bridgehead atoms. The number of hydrogen-bond acceptors (Lipinski definition) is 11. The summed E-state index contributed by atoms with van der Waals surface area (Å²) >= 11 is 0. The van der Waals surface area contributed by atoms with Gasteiger partial charge in [-0.15, -0.1) is 0 Å². The van der Waals surface area contributed by atoms with E-state index in [0.29, 0.717) is 28.5 Å². The zero-order valence-corrected chi connectivity index (χ0v) is 32.0. The number of fused-ring (bicyclic) bond motifs is 1. The molecule has 294 valence electrons. The van der Waals surface area contributed by atoms with E-state index in [1.807, 2.05) is 78.9 Å². The van der Waals surface area contributed by atoms with Crippen LogP contribution in [0, 0.1) is 0 Å². The number of unbranched alkanes of at least 4 members (excludes halogenated alkanes) is 9. The van der Waals surface area contributed by atoms with Crippen molar-refractivity contribution in [2.45, 2.75) is 100 Å². The summed E-state index contributed by atoms with van der Waals surface area (Å²) in [7, 11) is 3.20. The van der Waals surface area contributed by atoms with Gasteiger partial charge in [0.15, 0.2) is 23.2 Å². The van der Waals surface area contributed by atoms with Gasteiger partial charge in [-0.3, -0.25) is 4.57 Å². The highest BCUT2D eigenvalue weighted by atomic mass is 16.6. The first kappa shape index (κ1) is 40.1. The molecule has 0 aliphatic carbocycles. The van der Waals surface area contributed by atoms with Crippen LogP contribution in [0.5, 0.6) is 11.5 Å². The van der Waals surface area contributed by atoms with Crippen molar-refractivity contribution >= 4 is 17.0 Å². The third-order valence-electron chi connectivity index (χ3n) is 10.9. The second kappa shape index (κ2) is 19.3. The zero-order chi connectivity index (χ0) is 38.6. The number of nitrogens with zero attached hydrogens (tertiary/aromatic N) is 4. The van der Waals surface area contributed by atoms with E-state index in [1.54, 1.807) is 18.8 Å². The topological polar surface area (TPSA) is 170 Å². The van der Waals surface area contributed by atoms with Crippen molar-refractivity contribution in [1.82, 2.24) is 19.5 Å². The zero-order valence-electron chi connectivity index (χ0n) is 32.0. The second-order valence-electron chi connectivity index (χ2n) is 14.3. The fourth-order valence-corrected chi connectivity index (χ4v) is 7.90. The van der Waals surface area contributed by atoms with Gasteiger partial charge in [0.05, 0.1) is 26.0 Å². The molecule has 1 saturated heterocycles. The van der Waals surface area contributed by atoms with Crippen LogP contribution >= 0.6 is 0 Å². The predicted octanol–water partition coefficient (Wildman–Crippen LogP) is 6.13. The molecule has 5 aromatic rings. The molecule has 6 rings (SSSR count). The van der Waals surface area contributed by atoms with Crippen molar-refractivity contribution in [3.05, 3.63) is 108 Å². The summed E-state index contributed by atoms with van der Waals surface area (Å²) in [6, 6.07) is 24.6. The van der Waals surface area contributed by atoms with E-state index in [2.05, 4.69) is 20.3 Å². The molecule has 55 heavy (non-hydrogen) atoms. The quantitative estimate of drug-likeness (QED) is 0.0432. The number of hydrogen-bond donors (Lipinski definition) is 5. The van der Waals surface area contributed by atoms with Gasteiger partial charge < -0.3 is 40.6 Å². The molecule has 1 aliphatic rings. The third-order valence-corrected chi connectivity index (χ3v) is 10.9. The molecule has 1 fully saturated rings. The summed E-state index contributed by atoms with van der Waals surface area (Å²) in [5, 5.41) is 39.5. The minimum absolute atomic E-state index is 0.440. The average Bonchev–Trinajstić information content (AvgIpc) is 3.79. The molecule has 12 heteroatoms. The lowest BCUT2D eigenvalue weighted by molar-refractivity contribution is -0.0972. The number of imidazole rings is 1. The first-order valence-corrected chi connectivity index (χ1v) is 19.6. The van der Waals surface area contributed by atoms with E-state index in [9.17, 15) is 15.3 Å². The standard InChI is InChI=1S/C43H56N6O6/c1-53-33-22-18-31(19-23-33)43(30-16-12-11-13-17-30,32-20-24-34(54-2)25-21-32)39(52)38-36(50)37(51)42(55-38)49-29-48-35-40(46-28-47-41(35)49)45-27-15-10-8-6-4-3-5-7-9-14-26-44/h11-13,16-25,28-29,36-39,42,50-52H,3-10,14-15,26-27,44H2,1-2H3,(H,45,46,47)/t36-,37+,38-,39?,42+/m0/s1. The molecule has 3 aromatic carbocycles. The Hall–Kier alpha value is -4.59. The Balaban J connectivity index is 1.21. The molecule has 0 saturated carbocycles. The highest BCUT2D eigenvalue weighted by Gasteiger charge is 2.55. The Morgan fingerprint density at radius 1 is 0.727 bits per heavy atom. The van der Waals surface area contributed by atoms with Crippen molar-refractivity contribution in [3.8, 4) is 11.5 Å². The molecule has 1 unspecified atom stereocenters. The Bertz CT molecular complexity index is 1840. The van der Waals surface area contributed by atoms with E-state index in [-0.39, 0.29) is 0 Å². The number of benzene rings is 3. The Labute approximate surface area is 323 Å². The summed E-state index contributed by atoms with van der Waals surface area (Å²) in [6.07, 6.45) is 8.48. The van der Waals surface area contributed by atoms with Crippen LogP contribution in [0.4, 0.5) is 5.82 Å². The fraction of sp³-hybridized carbons (Fsp3) is 0.465. The highest BCUT2D eigenvalue weighted by Crippen LogP contribution is 2.47. The maximum absolute atomic E-state index is 12.8. The maximum atomic E-state index is 12.8. The second-order valence-corrected chi connectivity index (χ2v) is 14.3. The minimum Gasteiger partial charge on any atom is -0.497 e. The number of aliphatic hydroxyl groups is 3. The van der Waals surface area contributed by atoms with Crippen molar-refractivity contribution in [3.63, 3.8) is 0 Å². The van der Waals surface area contributed by atoms with Crippen LogP contribution in [0.1, 0.15) is 87.1 Å². The van der Waals surface area contributed by atoms with Crippen LogP contribution in [0.3, 0.4) is 0 Å². The van der Waals surface area contributed by atoms with Gasteiger partial charge in [-0.05, 0) is 60.3 Å². The lowest BCUT2D eigenvalue weighted by atomic mass is 9.64. The minimum atomic E-state index is -1.47. The smallest absolute Gasteiger partial charge is 0.167 e. The average molecular weight is 753 g/mol. The van der Waals surface area contributed by atoms with Gasteiger partial charge in [0, 0.05) is 6.54 Å². The number of methoxy groups -OCH3 is 2. The van der Waals surface area contributed by atoms with Crippen LogP contribution in [0.15, 0.2) is 91.5 Å². The van der Waals surface area contributed by atoms with E-state index < -0.39 is 36.1 Å². The molecule has 6 N–H and O–H groups in total. The Morgan fingerprint density at radius 2 is 1.27 bits per heavy atom. The molecule has 0 spiro atoms. The van der Waals surface area contributed by atoms with E-state index in [1.165, 1.54) is 57.6 Å². The van der Waals surface area contributed by atoms with E-state index in [4.69, 9.17) is 19.9 Å². The predicted molar refractivity (Wildman–Crippen MR) is 213 cm³/mol. The SMILES string of the molecule is COc1ccc(C(c2ccccc2)(c2ccc(OC)cc2)C(O)[C@H]2O[C@@H](n3cnc4c(NCCCCCCCCCCCCN)ncnc43)[C@H](O)[C@@H]2O)cc1. The van der Waals surface area contributed by atoms with Crippen LogP contribution in [-0.2, 0) is 10.2 Å². The first-order chi connectivity index (χ1) is 26.9. The molecule has 0 amide bonds. The molecular weight excluding hydrogens is 697 g/mol. The lowest BCUT2D eigenvalue weighted by Gasteiger charge is -2.42. The van der Waals surface area contributed by atoms with Crippen molar-refractivity contribution in [1.29, 1.82) is 0 Å². The van der Waals surface area contributed by atoms with Crippen molar-refractivity contribution in [2.24, 2.45) is 5.73 Å². The summed E-state index contributed by atoms with van der Waals surface area (Å²) in [4.78, 5) is 13.5. The number of aromatic nitrogens is 4. The Kier molecular flexibility index (Phi) is 14.1. The van der Waals surface area contributed by atoms with Gasteiger partial charge in [-0.2, -0.15) is 0 Å². The van der Waals surface area contributed by atoms with Crippen molar-refractivity contribution < 1.29 is 29.5 Å². The fourth-order valence-electron chi connectivity index (χ4n) is 7.90. The van der Waals surface area contributed by atoms with Gasteiger partial charge in [0.2, 0.25) is 0 Å². The van der Waals surface area contributed by atoms with Gasteiger partial charge in [0.1, 0.15) is 42.2 Å².